The molecule has 0 spiro atoms. The first-order valence-corrected chi connectivity index (χ1v) is 13.6. The molecule has 192 valence electrons. The molecule has 2 aromatic rings. The Hall–Kier alpha value is -2.62. The van der Waals surface area contributed by atoms with E-state index in [-0.39, 0.29) is 0 Å². The standard InChI is InChI=1S/C31H44O4/c1-4-6-8-10-12-15-19-25-23-24-28(30(32)34-3)29(27(25)22-18-13-11-9-7-5-2)31(33)35-26-20-16-14-17-21-26/h14,16-17,20-21,23-24H,4-13,15,18-19,22H2,1-3H3. The second kappa shape index (κ2) is 16.9. The van der Waals surface area contributed by atoms with Crippen LogP contribution < -0.4 is 4.74 Å². The first-order chi connectivity index (χ1) is 17.1. The summed E-state index contributed by atoms with van der Waals surface area (Å²) in [5.74, 6) is -0.511. The van der Waals surface area contributed by atoms with Crippen molar-refractivity contribution < 1.29 is 19.1 Å². The largest absolute Gasteiger partial charge is 0.465 e. The quantitative estimate of drug-likeness (QED) is 0.129. The lowest BCUT2D eigenvalue weighted by Crippen LogP contribution is -2.19. The number of para-hydroxylation sites is 1. The zero-order valence-corrected chi connectivity index (χ0v) is 22.1. The van der Waals surface area contributed by atoms with Gasteiger partial charge in [-0.25, -0.2) is 9.59 Å². The fourth-order valence-corrected chi connectivity index (χ4v) is 4.55. The van der Waals surface area contributed by atoms with Gasteiger partial charge in [0.2, 0.25) is 0 Å². The van der Waals surface area contributed by atoms with Crippen LogP contribution in [0.1, 0.15) is 123 Å². The topological polar surface area (TPSA) is 52.6 Å². The third kappa shape index (κ3) is 9.87. The molecule has 0 aliphatic carbocycles. The molecule has 0 N–H and O–H groups in total. The predicted molar refractivity (Wildman–Crippen MR) is 143 cm³/mol. The van der Waals surface area contributed by atoms with Crippen LogP contribution in [0.3, 0.4) is 0 Å². The highest BCUT2D eigenvalue weighted by atomic mass is 16.5. The Balaban J connectivity index is 2.30. The van der Waals surface area contributed by atoms with Gasteiger partial charge in [-0.05, 0) is 55.0 Å². The van der Waals surface area contributed by atoms with E-state index in [1.54, 1.807) is 18.2 Å². The Morgan fingerprint density at radius 3 is 1.83 bits per heavy atom. The van der Waals surface area contributed by atoms with Gasteiger partial charge in [0, 0.05) is 0 Å². The van der Waals surface area contributed by atoms with Gasteiger partial charge in [-0.15, -0.1) is 0 Å². The molecule has 0 aliphatic heterocycles. The normalized spacial score (nSPS) is 10.8. The number of rotatable bonds is 17. The molecule has 0 aliphatic rings. The summed E-state index contributed by atoms with van der Waals surface area (Å²) in [6.07, 6.45) is 16.0. The van der Waals surface area contributed by atoms with Crippen LogP contribution in [0.25, 0.3) is 0 Å². The van der Waals surface area contributed by atoms with E-state index in [2.05, 4.69) is 13.8 Å². The van der Waals surface area contributed by atoms with Crippen molar-refractivity contribution in [2.75, 3.05) is 7.11 Å². The van der Waals surface area contributed by atoms with Crippen molar-refractivity contribution in [2.24, 2.45) is 0 Å². The minimum atomic E-state index is -0.500. The first-order valence-electron chi connectivity index (χ1n) is 13.6. The zero-order valence-electron chi connectivity index (χ0n) is 22.1. The molecular formula is C31H44O4. The molecule has 0 bridgehead atoms. The number of carbonyl (C=O) groups excluding carboxylic acids is 2. The summed E-state index contributed by atoms with van der Waals surface area (Å²) in [7, 11) is 1.35. The van der Waals surface area contributed by atoms with Gasteiger partial charge < -0.3 is 9.47 Å². The molecule has 0 unspecified atom stereocenters. The van der Waals surface area contributed by atoms with E-state index >= 15 is 0 Å². The summed E-state index contributed by atoms with van der Waals surface area (Å²) >= 11 is 0. The van der Waals surface area contributed by atoms with Crippen LogP contribution in [-0.4, -0.2) is 19.0 Å². The molecule has 0 atom stereocenters. The van der Waals surface area contributed by atoms with Crippen molar-refractivity contribution in [2.45, 2.75) is 104 Å². The third-order valence-corrected chi connectivity index (χ3v) is 6.55. The number of benzene rings is 2. The lowest BCUT2D eigenvalue weighted by atomic mass is 9.89. The van der Waals surface area contributed by atoms with Crippen molar-refractivity contribution >= 4 is 11.9 Å². The average molecular weight is 481 g/mol. The zero-order chi connectivity index (χ0) is 25.3. The molecule has 0 amide bonds. The molecule has 0 fully saturated rings. The van der Waals surface area contributed by atoms with Gasteiger partial charge in [0.1, 0.15) is 5.75 Å². The molecule has 4 heteroatoms. The maximum Gasteiger partial charge on any atom is 0.344 e. The molecule has 35 heavy (non-hydrogen) atoms. The van der Waals surface area contributed by atoms with Gasteiger partial charge in [0.05, 0.1) is 18.2 Å². The molecule has 0 saturated carbocycles. The fraction of sp³-hybridized carbons (Fsp3) is 0.548. The molecule has 0 aromatic heterocycles. The minimum absolute atomic E-state index is 0.293. The molecular weight excluding hydrogens is 436 g/mol. The van der Waals surface area contributed by atoms with Crippen molar-refractivity contribution in [3.05, 3.63) is 64.7 Å². The van der Waals surface area contributed by atoms with Crippen LogP contribution in [0.15, 0.2) is 42.5 Å². The van der Waals surface area contributed by atoms with E-state index in [1.165, 1.54) is 64.9 Å². The van der Waals surface area contributed by atoms with Crippen LogP contribution >= 0.6 is 0 Å². The number of ether oxygens (including phenoxy) is 2. The van der Waals surface area contributed by atoms with Crippen molar-refractivity contribution in [1.29, 1.82) is 0 Å². The van der Waals surface area contributed by atoms with Gasteiger partial charge in [-0.1, -0.05) is 102 Å². The number of unbranched alkanes of at least 4 members (excludes halogenated alkanes) is 10. The van der Waals surface area contributed by atoms with Crippen molar-refractivity contribution in [3.63, 3.8) is 0 Å². The summed E-state index contributed by atoms with van der Waals surface area (Å²) < 4.78 is 10.7. The molecule has 0 saturated heterocycles. The maximum atomic E-state index is 13.4. The van der Waals surface area contributed by atoms with E-state index in [1.807, 2.05) is 24.3 Å². The highest BCUT2D eigenvalue weighted by Crippen LogP contribution is 2.27. The lowest BCUT2D eigenvalue weighted by molar-refractivity contribution is 0.0587. The highest BCUT2D eigenvalue weighted by molar-refractivity contribution is 6.05. The van der Waals surface area contributed by atoms with Crippen LogP contribution in [0, 0.1) is 0 Å². The Bertz CT molecular complexity index is 888. The summed E-state index contributed by atoms with van der Waals surface area (Å²) in [5, 5.41) is 0. The Labute approximate surface area is 212 Å². The molecule has 2 rings (SSSR count). The molecule has 0 heterocycles. The number of methoxy groups -OCH3 is 1. The summed E-state index contributed by atoms with van der Waals surface area (Å²) in [6, 6.07) is 12.8. The third-order valence-electron chi connectivity index (χ3n) is 6.55. The van der Waals surface area contributed by atoms with Crippen LogP contribution in [0.2, 0.25) is 0 Å². The number of esters is 2. The van der Waals surface area contributed by atoms with Gasteiger partial charge in [-0.3, -0.25) is 0 Å². The Morgan fingerprint density at radius 2 is 1.23 bits per heavy atom. The SMILES string of the molecule is CCCCCCCCc1ccc(C(=O)OC)c(C(=O)Oc2ccccc2)c1CCCCCCCC. The second-order valence-electron chi connectivity index (χ2n) is 9.36. The Morgan fingerprint density at radius 1 is 0.657 bits per heavy atom. The van der Waals surface area contributed by atoms with Crippen LogP contribution in [0.5, 0.6) is 5.75 Å². The summed E-state index contributed by atoms with van der Waals surface area (Å²) in [6.45, 7) is 4.45. The van der Waals surface area contributed by atoms with E-state index in [9.17, 15) is 9.59 Å². The maximum absolute atomic E-state index is 13.4. The van der Waals surface area contributed by atoms with Crippen LogP contribution in [-0.2, 0) is 17.6 Å². The predicted octanol–water partition coefficient (Wildman–Crippen LogP) is 8.50. The van der Waals surface area contributed by atoms with E-state index in [4.69, 9.17) is 9.47 Å². The number of carbonyl (C=O) groups is 2. The van der Waals surface area contributed by atoms with Crippen molar-refractivity contribution in [1.82, 2.24) is 0 Å². The summed E-state index contributed by atoms with van der Waals surface area (Å²) in [4.78, 5) is 26.1. The van der Waals surface area contributed by atoms with Gasteiger partial charge in [0.15, 0.2) is 0 Å². The van der Waals surface area contributed by atoms with Gasteiger partial charge >= 0.3 is 11.9 Å². The number of hydrogen-bond acceptors (Lipinski definition) is 4. The highest BCUT2D eigenvalue weighted by Gasteiger charge is 2.25. The van der Waals surface area contributed by atoms with Crippen LogP contribution in [0.4, 0.5) is 0 Å². The number of aryl methyl sites for hydroxylation is 1. The number of hydrogen-bond donors (Lipinski definition) is 0. The van der Waals surface area contributed by atoms with Gasteiger partial charge in [-0.2, -0.15) is 0 Å². The average Bonchev–Trinajstić information content (AvgIpc) is 2.88. The summed E-state index contributed by atoms with van der Waals surface area (Å²) in [5.41, 5.74) is 2.78. The Kier molecular flexibility index (Phi) is 13.8. The molecule has 0 radical (unpaired) electrons. The van der Waals surface area contributed by atoms with E-state index in [0.29, 0.717) is 16.9 Å². The molecule has 2 aromatic carbocycles. The monoisotopic (exact) mass is 480 g/mol. The smallest absolute Gasteiger partial charge is 0.344 e. The fourth-order valence-electron chi connectivity index (χ4n) is 4.55. The minimum Gasteiger partial charge on any atom is -0.465 e. The van der Waals surface area contributed by atoms with Crippen molar-refractivity contribution in [3.8, 4) is 5.75 Å². The second-order valence-corrected chi connectivity index (χ2v) is 9.36. The first kappa shape index (κ1) is 28.6. The lowest BCUT2D eigenvalue weighted by Gasteiger charge is -2.18. The van der Waals surface area contributed by atoms with E-state index in [0.717, 1.165) is 43.2 Å². The molecule has 4 nitrogen and oxygen atoms in total. The van der Waals surface area contributed by atoms with E-state index < -0.39 is 11.9 Å². The van der Waals surface area contributed by atoms with Gasteiger partial charge in [0.25, 0.3) is 0 Å².